The fraction of sp³-hybridized carbons (Fsp3) is 0.650. The third-order valence-corrected chi connectivity index (χ3v) is 5.40. The Hall–Kier alpha value is -1.41. The Kier molecular flexibility index (Phi) is 9.34. The SMILES string of the molecule is COCc1nc(C2CC(N)C2)cc(N(C)Cc2c(C)nn(C(C)C)c2C)n1.Cl.Cl. The van der Waals surface area contributed by atoms with Crippen molar-refractivity contribution in [2.75, 3.05) is 19.1 Å². The van der Waals surface area contributed by atoms with Crippen LogP contribution in [0.2, 0.25) is 0 Å². The van der Waals surface area contributed by atoms with Crippen LogP contribution < -0.4 is 10.6 Å². The summed E-state index contributed by atoms with van der Waals surface area (Å²) >= 11 is 0. The molecule has 1 fully saturated rings. The number of hydrogen-bond acceptors (Lipinski definition) is 6. The Labute approximate surface area is 186 Å². The minimum absolute atomic E-state index is 0. The van der Waals surface area contributed by atoms with Gasteiger partial charge in [-0.1, -0.05) is 0 Å². The summed E-state index contributed by atoms with van der Waals surface area (Å²) in [7, 11) is 3.74. The number of aryl methyl sites for hydroxylation is 1. The van der Waals surface area contributed by atoms with Crippen LogP contribution in [0.1, 0.15) is 67.1 Å². The molecule has 29 heavy (non-hydrogen) atoms. The van der Waals surface area contributed by atoms with E-state index in [0.717, 1.165) is 42.4 Å². The first-order valence-corrected chi connectivity index (χ1v) is 9.68. The highest BCUT2D eigenvalue weighted by molar-refractivity contribution is 5.85. The van der Waals surface area contributed by atoms with Crippen molar-refractivity contribution in [1.82, 2.24) is 19.7 Å². The Morgan fingerprint density at radius 1 is 1.24 bits per heavy atom. The van der Waals surface area contributed by atoms with E-state index in [0.29, 0.717) is 24.6 Å². The lowest BCUT2D eigenvalue weighted by molar-refractivity contribution is 0.177. The predicted molar refractivity (Wildman–Crippen MR) is 121 cm³/mol. The average molecular weight is 445 g/mol. The van der Waals surface area contributed by atoms with Gasteiger partial charge in [0.1, 0.15) is 12.4 Å². The van der Waals surface area contributed by atoms with Crippen LogP contribution in [0.4, 0.5) is 5.82 Å². The molecule has 0 bridgehead atoms. The molecule has 2 aromatic rings. The summed E-state index contributed by atoms with van der Waals surface area (Å²) in [6, 6.07) is 2.75. The van der Waals surface area contributed by atoms with Crippen LogP contribution in [-0.4, -0.2) is 39.9 Å². The van der Waals surface area contributed by atoms with Crippen molar-refractivity contribution in [3.63, 3.8) is 0 Å². The Bertz CT molecular complexity index is 805. The monoisotopic (exact) mass is 444 g/mol. The quantitative estimate of drug-likeness (QED) is 0.700. The molecule has 1 aliphatic carbocycles. The van der Waals surface area contributed by atoms with Crippen molar-refractivity contribution in [2.45, 2.75) is 71.7 Å². The molecular formula is C20H34Cl2N6O. The maximum absolute atomic E-state index is 5.98. The molecule has 3 rings (SSSR count). The number of aromatic nitrogens is 4. The number of anilines is 1. The summed E-state index contributed by atoms with van der Waals surface area (Å²) in [5.74, 6) is 2.07. The number of methoxy groups -OCH3 is 1. The molecule has 1 saturated carbocycles. The van der Waals surface area contributed by atoms with Crippen LogP contribution in [0.15, 0.2) is 6.07 Å². The maximum atomic E-state index is 5.98. The van der Waals surface area contributed by atoms with E-state index in [1.165, 1.54) is 11.3 Å². The molecule has 0 spiro atoms. The Balaban J connectivity index is 0.00000210. The standard InChI is InChI=1S/C20H32N6O.2ClH/c1-12(2)26-14(4)17(13(3)24-26)10-25(5)20-9-18(15-7-16(21)8-15)22-19(23-20)11-27-6;;/h9,12,15-16H,7-8,10-11,21H2,1-6H3;2*1H. The Morgan fingerprint density at radius 3 is 2.41 bits per heavy atom. The maximum Gasteiger partial charge on any atom is 0.156 e. The highest BCUT2D eigenvalue weighted by atomic mass is 35.5. The van der Waals surface area contributed by atoms with Crippen molar-refractivity contribution in [2.24, 2.45) is 5.73 Å². The van der Waals surface area contributed by atoms with Crippen molar-refractivity contribution >= 4 is 30.6 Å². The van der Waals surface area contributed by atoms with Gasteiger partial charge >= 0.3 is 0 Å². The Morgan fingerprint density at radius 2 is 1.90 bits per heavy atom. The van der Waals surface area contributed by atoms with Gasteiger partial charge in [0.15, 0.2) is 5.82 Å². The van der Waals surface area contributed by atoms with Crippen molar-refractivity contribution in [3.8, 4) is 0 Å². The first kappa shape index (κ1) is 25.6. The zero-order valence-corrected chi connectivity index (χ0v) is 19.8. The largest absolute Gasteiger partial charge is 0.377 e. The van der Waals surface area contributed by atoms with E-state index in [-0.39, 0.29) is 24.8 Å². The highest BCUT2D eigenvalue weighted by Gasteiger charge is 2.29. The second-order valence-electron chi connectivity index (χ2n) is 7.97. The zero-order valence-electron chi connectivity index (χ0n) is 18.2. The summed E-state index contributed by atoms with van der Waals surface area (Å²) in [5.41, 5.74) is 10.6. The molecule has 0 atom stereocenters. The van der Waals surface area contributed by atoms with Crippen molar-refractivity contribution in [1.29, 1.82) is 0 Å². The summed E-state index contributed by atoms with van der Waals surface area (Å²) in [4.78, 5) is 11.6. The first-order valence-electron chi connectivity index (χ1n) is 9.68. The molecule has 2 heterocycles. The number of nitrogens with two attached hydrogens (primary N) is 1. The summed E-state index contributed by atoms with van der Waals surface area (Å²) in [6.07, 6.45) is 1.98. The molecule has 0 unspecified atom stereocenters. The number of halogens is 2. The zero-order chi connectivity index (χ0) is 19.7. The molecule has 0 amide bonds. The van der Waals surface area contributed by atoms with Crippen LogP contribution in [-0.2, 0) is 17.9 Å². The molecule has 164 valence electrons. The van der Waals surface area contributed by atoms with Gasteiger partial charge in [0.25, 0.3) is 0 Å². The molecule has 7 nitrogen and oxygen atoms in total. The highest BCUT2D eigenvalue weighted by Crippen LogP contribution is 2.35. The fourth-order valence-corrected chi connectivity index (χ4v) is 3.75. The third-order valence-electron chi connectivity index (χ3n) is 5.40. The second kappa shape index (κ2) is 10.6. The second-order valence-corrected chi connectivity index (χ2v) is 7.97. The number of hydrogen-bond donors (Lipinski definition) is 1. The van der Waals surface area contributed by atoms with Gasteiger partial charge < -0.3 is 15.4 Å². The third kappa shape index (κ3) is 5.60. The minimum Gasteiger partial charge on any atom is -0.377 e. The average Bonchev–Trinajstić information content (AvgIpc) is 2.87. The normalized spacial score (nSPS) is 18.1. The van der Waals surface area contributed by atoms with Gasteiger partial charge in [0.05, 0.1) is 5.69 Å². The van der Waals surface area contributed by atoms with E-state index in [1.54, 1.807) is 7.11 Å². The molecule has 2 N–H and O–H groups in total. The molecule has 9 heteroatoms. The smallest absolute Gasteiger partial charge is 0.156 e. The lowest BCUT2D eigenvalue weighted by Gasteiger charge is -2.32. The molecule has 1 aliphatic rings. The van der Waals surface area contributed by atoms with Gasteiger partial charge in [0, 0.05) is 61.7 Å². The van der Waals surface area contributed by atoms with Gasteiger partial charge in [-0.05, 0) is 40.5 Å². The minimum atomic E-state index is 0. The number of ether oxygens (including phenoxy) is 1. The number of nitrogens with zero attached hydrogens (tertiary/aromatic N) is 5. The fourth-order valence-electron chi connectivity index (χ4n) is 3.75. The van der Waals surface area contributed by atoms with Crippen LogP contribution in [0.25, 0.3) is 0 Å². The summed E-state index contributed by atoms with van der Waals surface area (Å²) < 4.78 is 7.37. The van der Waals surface area contributed by atoms with E-state index < -0.39 is 0 Å². The van der Waals surface area contributed by atoms with E-state index >= 15 is 0 Å². The van der Waals surface area contributed by atoms with Gasteiger partial charge in [-0.15, -0.1) is 24.8 Å². The topological polar surface area (TPSA) is 82.1 Å². The van der Waals surface area contributed by atoms with Crippen LogP contribution in [0, 0.1) is 13.8 Å². The van der Waals surface area contributed by atoms with Crippen LogP contribution in [0.3, 0.4) is 0 Å². The van der Waals surface area contributed by atoms with Crippen molar-refractivity contribution in [3.05, 3.63) is 34.5 Å². The summed E-state index contributed by atoms with van der Waals surface area (Å²) in [5, 5.41) is 4.70. The molecule has 0 aliphatic heterocycles. The van der Waals surface area contributed by atoms with E-state index in [9.17, 15) is 0 Å². The van der Waals surface area contributed by atoms with Gasteiger partial charge in [-0.2, -0.15) is 5.10 Å². The van der Waals surface area contributed by atoms with Crippen LogP contribution >= 0.6 is 24.8 Å². The van der Waals surface area contributed by atoms with Gasteiger partial charge in [-0.25, -0.2) is 9.97 Å². The van der Waals surface area contributed by atoms with E-state index in [2.05, 4.69) is 50.4 Å². The number of rotatable bonds is 7. The van der Waals surface area contributed by atoms with Crippen molar-refractivity contribution < 1.29 is 4.74 Å². The molecule has 0 aromatic carbocycles. The predicted octanol–water partition coefficient (Wildman–Crippen LogP) is 3.70. The lowest BCUT2D eigenvalue weighted by Crippen LogP contribution is -2.35. The van der Waals surface area contributed by atoms with E-state index in [1.807, 2.05) is 0 Å². The van der Waals surface area contributed by atoms with Crippen LogP contribution in [0.5, 0.6) is 0 Å². The lowest BCUT2D eigenvalue weighted by atomic mass is 9.78. The molecular weight excluding hydrogens is 411 g/mol. The molecule has 2 aromatic heterocycles. The molecule has 0 radical (unpaired) electrons. The van der Waals surface area contributed by atoms with Gasteiger partial charge in [0.2, 0.25) is 0 Å². The van der Waals surface area contributed by atoms with E-state index in [4.69, 9.17) is 25.5 Å². The first-order chi connectivity index (χ1) is 12.8. The van der Waals surface area contributed by atoms with Gasteiger partial charge in [-0.3, -0.25) is 4.68 Å². The summed E-state index contributed by atoms with van der Waals surface area (Å²) in [6.45, 7) is 9.70. The molecule has 0 saturated heterocycles.